The summed E-state index contributed by atoms with van der Waals surface area (Å²) in [6, 6.07) is 3.02. The smallest absolute Gasteiger partial charge is 0.250 e. The zero-order chi connectivity index (χ0) is 10.3. The molecule has 2 heterocycles. The third-order valence-electron chi connectivity index (χ3n) is 2.32. The lowest BCUT2D eigenvalue weighted by atomic mass is 10.2. The molecule has 0 spiro atoms. The highest BCUT2D eigenvalue weighted by Crippen LogP contribution is 2.15. The van der Waals surface area contributed by atoms with E-state index in [2.05, 4.69) is 4.98 Å². The van der Waals surface area contributed by atoms with Crippen LogP contribution in [0.4, 0.5) is 4.39 Å². The Hall–Kier alpha value is -1.71. The number of fused-ring (bicyclic) bond motifs is 1. The first-order valence-electron chi connectivity index (χ1n) is 4.22. The van der Waals surface area contributed by atoms with Crippen LogP contribution >= 0.6 is 0 Å². The van der Waals surface area contributed by atoms with E-state index >= 15 is 0 Å². The van der Waals surface area contributed by atoms with Crippen LogP contribution < -0.4 is 5.56 Å². The Balaban J connectivity index is 3.06. The van der Waals surface area contributed by atoms with Gasteiger partial charge in [0.25, 0.3) is 5.56 Å². The van der Waals surface area contributed by atoms with E-state index in [1.54, 1.807) is 20.0 Å². The van der Waals surface area contributed by atoms with Gasteiger partial charge in [-0.15, -0.1) is 0 Å². The van der Waals surface area contributed by atoms with E-state index in [1.807, 2.05) is 0 Å². The molecule has 0 radical (unpaired) electrons. The summed E-state index contributed by atoms with van der Waals surface area (Å²) in [5, 5.41) is 0. The van der Waals surface area contributed by atoms with Crippen molar-refractivity contribution in [2.75, 3.05) is 0 Å². The average molecular weight is 192 g/mol. The second-order valence-electron chi connectivity index (χ2n) is 3.20. The van der Waals surface area contributed by atoms with Crippen LogP contribution in [0, 0.1) is 12.7 Å². The maximum atomic E-state index is 13.2. The Labute approximate surface area is 79.8 Å². The maximum Gasteiger partial charge on any atom is 0.250 e. The lowest BCUT2D eigenvalue weighted by Gasteiger charge is -2.06. The minimum atomic E-state index is -0.390. The lowest BCUT2D eigenvalue weighted by molar-refractivity contribution is 0.613. The maximum absolute atomic E-state index is 13.2. The van der Waals surface area contributed by atoms with Crippen molar-refractivity contribution in [1.29, 1.82) is 0 Å². The van der Waals surface area contributed by atoms with Gasteiger partial charge < -0.3 is 4.57 Å². The van der Waals surface area contributed by atoms with Gasteiger partial charge in [-0.25, -0.2) is 4.39 Å². The Morgan fingerprint density at radius 1 is 1.43 bits per heavy atom. The topological polar surface area (TPSA) is 34.9 Å². The van der Waals surface area contributed by atoms with Crippen LogP contribution in [0.2, 0.25) is 0 Å². The van der Waals surface area contributed by atoms with Crippen molar-refractivity contribution in [3.8, 4) is 0 Å². The minimum absolute atomic E-state index is 0.159. The fraction of sp³-hybridized carbons (Fsp3) is 0.200. The minimum Gasteiger partial charge on any atom is -0.310 e. The molecule has 4 heteroatoms. The van der Waals surface area contributed by atoms with Gasteiger partial charge >= 0.3 is 0 Å². The summed E-state index contributed by atoms with van der Waals surface area (Å²) in [5.74, 6) is -0.390. The first-order valence-corrected chi connectivity index (χ1v) is 4.22. The quantitative estimate of drug-likeness (QED) is 0.632. The van der Waals surface area contributed by atoms with Crippen molar-refractivity contribution >= 4 is 11.0 Å². The van der Waals surface area contributed by atoms with E-state index in [0.29, 0.717) is 16.6 Å². The standard InChI is InChI=1S/C10H9FN2O/c1-6-7(11)5-12-8-3-4-9(14)13(2)10(6)8/h3-5H,1-2H3. The number of pyridine rings is 2. The van der Waals surface area contributed by atoms with Gasteiger partial charge in [-0.3, -0.25) is 9.78 Å². The van der Waals surface area contributed by atoms with Gasteiger partial charge in [0.05, 0.1) is 17.2 Å². The van der Waals surface area contributed by atoms with E-state index in [9.17, 15) is 9.18 Å². The molecule has 0 fully saturated rings. The molecule has 2 aromatic heterocycles. The zero-order valence-corrected chi connectivity index (χ0v) is 7.91. The first kappa shape index (κ1) is 8.87. The molecular formula is C10H9FN2O. The number of nitrogens with zero attached hydrogens (tertiary/aromatic N) is 2. The number of rotatable bonds is 0. The second kappa shape index (κ2) is 2.90. The summed E-state index contributed by atoms with van der Waals surface area (Å²) >= 11 is 0. The highest BCUT2D eigenvalue weighted by atomic mass is 19.1. The number of halogens is 1. The molecule has 0 N–H and O–H groups in total. The van der Waals surface area contributed by atoms with Crippen LogP contribution in [0.1, 0.15) is 5.56 Å². The van der Waals surface area contributed by atoms with E-state index in [4.69, 9.17) is 0 Å². The van der Waals surface area contributed by atoms with Gasteiger partial charge in [-0.05, 0) is 13.0 Å². The summed E-state index contributed by atoms with van der Waals surface area (Å²) < 4.78 is 14.6. The number of hydrogen-bond acceptors (Lipinski definition) is 2. The molecule has 0 bridgehead atoms. The van der Waals surface area contributed by atoms with E-state index < -0.39 is 5.82 Å². The molecular weight excluding hydrogens is 183 g/mol. The summed E-state index contributed by atoms with van der Waals surface area (Å²) in [6.45, 7) is 1.64. The highest BCUT2D eigenvalue weighted by molar-refractivity contribution is 5.77. The summed E-state index contributed by atoms with van der Waals surface area (Å²) in [4.78, 5) is 15.2. The first-order chi connectivity index (χ1) is 6.61. The molecule has 0 saturated heterocycles. The molecule has 0 saturated carbocycles. The van der Waals surface area contributed by atoms with Gasteiger partial charge in [-0.2, -0.15) is 0 Å². The zero-order valence-electron chi connectivity index (χ0n) is 7.91. The fourth-order valence-electron chi connectivity index (χ4n) is 1.51. The van der Waals surface area contributed by atoms with E-state index in [-0.39, 0.29) is 5.56 Å². The summed E-state index contributed by atoms with van der Waals surface area (Å²) in [6.07, 6.45) is 1.17. The predicted molar refractivity (Wildman–Crippen MR) is 51.7 cm³/mol. The van der Waals surface area contributed by atoms with Gasteiger partial charge in [0, 0.05) is 18.7 Å². The SMILES string of the molecule is Cc1c(F)cnc2ccc(=O)n(C)c12. The molecule has 2 rings (SSSR count). The number of hydrogen-bond donors (Lipinski definition) is 0. The molecule has 0 aliphatic heterocycles. The molecule has 3 nitrogen and oxygen atoms in total. The van der Waals surface area contributed by atoms with Crippen molar-refractivity contribution in [3.05, 3.63) is 40.1 Å². The van der Waals surface area contributed by atoms with Crippen LogP contribution in [-0.2, 0) is 7.05 Å². The van der Waals surface area contributed by atoms with Crippen molar-refractivity contribution < 1.29 is 4.39 Å². The van der Waals surface area contributed by atoms with Crippen LogP contribution in [-0.4, -0.2) is 9.55 Å². The van der Waals surface area contributed by atoms with Crippen molar-refractivity contribution in [1.82, 2.24) is 9.55 Å². The van der Waals surface area contributed by atoms with Gasteiger partial charge in [0.1, 0.15) is 5.82 Å². The van der Waals surface area contributed by atoms with Crippen LogP contribution in [0.5, 0.6) is 0 Å². The average Bonchev–Trinajstić information content (AvgIpc) is 2.17. The van der Waals surface area contributed by atoms with Gasteiger partial charge in [0.15, 0.2) is 0 Å². The van der Waals surface area contributed by atoms with Crippen molar-refractivity contribution in [2.45, 2.75) is 6.92 Å². The van der Waals surface area contributed by atoms with Gasteiger partial charge in [-0.1, -0.05) is 0 Å². The second-order valence-corrected chi connectivity index (χ2v) is 3.20. The molecule has 72 valence electrons. The van der Waals surface area contributed by atoms with Gasteiger partial charge in [0.2, 0.25) is 0 Å². The predicted octanol–water partition coefficient (Wildman–Crippen LogP) is 1.38. The molecule has 0 amide bonds. The molecule has 0 aliphatic rings. The summed E-state index contributed by atoms with van der Waals surface area (Å²) in [7, 11) is 1.61. The monoisotopic (exact) mass is 192 g/mol. The lowest BCUT2D eigenvalue weighted by Crippen LogP contribution is -2.16. The largest absolute Gasteiger partial charge is 0.310 e. The van der Waals surface area contributed by atoms with E-state index in [0.717, 1.165) is 0 Å². The number of aromatic nitrogens is 2. The molecule has 0 aliphatic carbocycles. The molecule has 0 atom stereocenters. The summed E-state index contributed by atoms with van der Waals surface area (Å²) in [5.41, 5.74) is 1.48. The third-order valence-corrected chi connectivity index (χ3v) is 2.32. The Bertz CT molecular complexity index is 560. The third kappa shape index (κ3) is 1.11. The molecule has 0 aromatic carbocycles. The Kier molecular flexibility index (Phi) is 1.84. The fourth-order valence-corrected chi connectivity index (χ4v) is 1.51. The van der Waals surface area contributed by atoms with E-state index in [1.165, 1.54) is 16.8 Å². The number of aryl methyl sites for hydroxylation is 2. The van der Waals surface area contributed by atoms with Crippen molar-refractivity contribution in [3.63, 3.8) is 0 Å². The normalized spacial score (nSPS) is 10.8. The Morgan fingerprint density at radius 3 is 2.86 bits per heavy atom. The van der Waals surface area contributed by atoms with Crippen molar-refractivity contribution in [2.24, 2.45) is 7.05 Å². The van der Waals surface area contributed by atoms with Crippen LogP contribution in [0.25, 0.3) is 11.0 Å². The molecule has 2 aromatic rings. The molecule has 0 unspecified atom stereocenters. The van der Waals surface area contributed by atoms with Crippen LogP contribution in [0.15, 0.2) is 23.1 Å². The molecule has 14 heavy (non-hydrogen) atoms. The highest BCUT2D eigenvalue weighted by Gasteiger charge is 2.07. The van der Waals surface area contributed by atoms with Crippen LogP contribution in [0.3, 0.4) is 0 Å². The Morgan fingerprint density at radius 2 is 2.14 bits per heavy atom.